The predicted octanol–water partition coefficient (Wildman–Crippen LogP) is 2.27. The van der Waals surface area contributed by atoms with Crippen LogP contribution < -0.4 is 5.32 Å². The van der Waals surface area contributed by atoms with Crippen LogP contribution in [0.2, 0.25) is 0 Å². The average molecular weight is 348 g/mol. The number of thioether (sulfide) groups is 1. The van der Waals surface area contributed by atoms with Crippen molar-refractivity contribution in [1.29, 1.82) is 0 Å². The van der Waals surface area contributed by atoms with E-state index in [0.29, 0.717) is 25.0 Å². The lowest BCUT2D eigenvalue weighted by atomic mass is 10.2. The van der Waals surface area contributed by atoms with Crippen LogP contribution in [0.15, 0.2) is 30.5 Å². The summed E-state index contributed by atoms with van der Waals surface area (Å²) < 4.78 is 13.0. The first kappa shape index (κ1) is 17.0. The van der Waals surface area contributed by atoms with E-state index in [1.807, 2.05) is 18.8 Å². The van der Waals surface area contributed by atoms with E-state index in [9.17, 15) is 9.18 Å². The highest BCUT2D eigenvalue weighted by atomic mass is 32.2. The molecule has 1 aliphatic heterocycles. The number of aromatic nitrogens is 2. The van der Waals surface area contributed by atoms with Crippen molar-refractivity contribution in [2.75, 3.05) is 25.1 Å². The summed E-state index contributed by atoms with van der Waals surface area (Å²) in [6.07, 6.45) is 2.84. The van der Waals surface area contributed by atoms with Gasteiger partial charge in [-0.05, 0) is 49.1 Å². The van der Waals surface area contributed by atoms with Crippen LogP contribution in [0, 0.1) is 5.82 Å². The summed E-state index contributed by atoms with van der Waals surface area (Å²) in [6, 6.07) is 6.71. The van der Waals surface area contributed by atoms with Crippen LogP contribution in [-0.2, 0) is 11.3 Å². The van der Waals surface area contributed by atoms with Gasteiger partial charge >= 0.3 is 0 Å². The largest absolute Gasteiger partial charge is 0.348 e. The second kappa shape index (κ2) is 7.81. The quantitative estimate of drug-likeness (QED) is 0.841. The Morgan fingerprint density at radius 1 is 1.46 bits per heavy atom. The molecule has 128 valence electrons. The molecule has 24 heavy (non-hydrogen) atoms. The van der Waals surface area contributed by atoms with Gasteiger partial charge in [0.25, 0.3) is 0 Å². The van der Waals surface area contributed by atoms with E-state index in [4.69, 9.17) is 0 Å². The highest BCUT2D eigenvalue weighted by molar-refractivity contribution is 7.99. The third-order valence-electron chi connectivity index (χ3n) is 4.16. The zero-order valence-corrected chi connectivity index (χ0v) is 14.4. The molecule has 0 aliphatic carbocycles. The van der Waals surface area contributed by atoms with Crippen LogP contribution in [0.5, 0.6) is 0 Å². The number of nitrogens with zero attached hydrogens (tertiary/aromatic N) is 2. The van der Waals surface area contributed by atoms with Gasteiger partial charge < -0.3 is 10.3 Å². The van der Waals surface area contributed by atoms with E-state index in [1.165, 1.54) is 17.9 Å². The minimum Gasteiger partial charge on any atom is -0.348 e. The Labute approximate surface area is 145 Å². The van der Waals surface area contributed by atoms with Gasteiger partial charge in [0.2, 0.25) is 5.91 Å². The van der Waals surface area contributed by atoms with Gasteiger partial charge in [-0.25, -0.2) is 9.37 Å². The van der Waals surface area contributed by atoms with Crippen molar-refractivity contribution < 1.29 is 9.18 Å². The summed E-state index contributed by atoms with van der Waals surface area (Å²) in [4.78, 5) is 21.6. The Morgan fingerprint density at radius 2 is 2.25 bits per heavy atom. The fourth-order valence-electron chi connectivity index (χ4n) is 2.69. The Morgan fingerprint density at radius 3 is 2.96 bits per heavy atom. The second-order valence-corrected chi connectivity index (χ2v) is 7.11. The molecule has 2 heterocycles. The minimum atomic E-state index is -0.268. The molecule has 1 aromatic heterocycles. The Kier molecular flexibility index (Phi) is 5.52. The highest BCUT2D eigenvalue weighted by Crippen LogP contribution is 2.21. The van der Waals surface area contributed by atoms with Gasteiger partial charge in [0.05, 0.1) is 25.0 Å². The fraction of sp³-hybridized carbons (Fsp3) is 0.412. The van der Waals surface area contributed by atoms with Gasteiger partial charge in [0, 0.05) is 11.8 Å². The van der Waals surface area contributed by atoms with Crippen molar-refractivity contribution in [3.63, 3.8) is 0 Å². The molecule has 0 radical (unpaired) electrons. The van der Waals surface area contributed by atoms with Crippen LogP contribution in [0.1, 0.15) is 12.2 Å². The molecule has 1 fully saturated rings. The van der Waals surface area contributed by atoms with E-state index in [-0.39, 0.29) is 11.7 Å². The zero-order chi connectivity index (χ0) is 16.9. The summed E-state index contributed by atoms with van der Waals surface area (Å²) in [5, 5.41) is 2.89. The number of aromatic amines is 1. The fourth-order valence-corrected chi connectivity index (χ4v) is 3.99. The number of halogens is 1. The number of hydrogen-bond donors (Lipinski definition) is 2. The molecule has 1 saturated heterocycles. The maximum atomic E-state index is 13.0. The normalized spacial score (nSPS) is 17.4. The molecular formula is C17H21FN4OS. The zero-order valence-electron chi connectivity index (χ0n) is 13.6. The Balaban J connectivity index is 1.49. The summed E-state index contributed by atoms with van der Waals surface area (Å²) >= 11 is 1.94. The monoisotopic (exact) mass is 348 g/mol. The molecule has 5 nitrogen and oxygen atoms in total. The van der Waals surface area contributed by atoms with Crippen LogP contribution >= 0.6 is 11.8 Å². The van der Waals surface area contributed by atoms with Crippen molar-refractivity contribution in [1.82, 2.24) is 20.2 Å². The Bertz CT molecular complexity index is 682. The van der Waals surface area contributed by atoms with E-state index >= 15 is 0 Å². The molecule has 1 atom stereocenters. The molecule has 1 aliphatic rings. The average Bonchev–Trinajstić information content (AvgIpc) is 3.25. The van der Waals surface area contributed by atoms with E-state index in [2.05, 4.69) is 20.2 Å². The molecule has 3 rings (SSSR count). The number of carbonyl (C=O) groups is 1. The van der Waals surface area contributed by atoms with Gasteiger partial charge in [0.1, 0.15) is 11.6 Å². The summed E-state index contributed by atoms with van der Waals surface area (Å²) in [7, 11) is 2.00. The highest BCUT2D eigenvalue weighted by Gasteiger charge is 2.21. The van der Waals surface area contributed by atoms with E-state index < -0.39 is 0 Å². The van der Waals surface area contributed by atoms with Crippen LogP contribution in [0.25, 0.3) is 11.3 Å². The molecule has 0 bridgehead atoms. The first-order chi connectivity index (χ1) is 11.6. The van der Waals surface area contributed by atoms with Crippen molar-refractivity contribution in [3.05, 3.63) is 42.1 Å². The third kappa shape index (κ3) is 4.36. The van der Waals surface area contributed by atoms with Crippen LogP contribution in [-0.4, -0.2) is 51.9 Å². The Hall–Kier alpha value is -1.86. The van der Waals surface area contributed by atoms with Crippen LogP contribution in [0.3, 0.4) is 0 Å². The lowest BCUT2D eigenvalue weighted by Crippen LogP contribution is -2.40. The maximum absolute atomic E-state index is 13.0. The van der Waals surface area contributed by atoms with Crippen molar-refractivity contribution in [2.45, 2.75) is 19.0 Å². The maximum Gasteiger partial charge on any atom is 0.234 e. The summed E-state index contributed by atoms with van der Waals surface area (Å²) in [6.45, 7) is 0.754. The van der Waals surface area contributed by atoms with Crippen molar-refractivity contribution >= 4 is 17.7 Å². The molecule has 2 aromatic rings. The first-order valence-corrected chi connectivity index (χ1v) is 9.12. The van der Waals surface area contributed by atoms with Gasteiger partial charge in [-0.1, -0.05) is 0 Å². The molecule has 1 aromatic carbocycles. The number of carbonyl (C=O) groups excluding carboxylic acids is 1. The molecular weight excluding hydrogens is 327 g/mol. The number of rotatable bonds is 6. The molecule has 7 heteroatoms. The lowest BCUT2D eigenvalue weighted by molar-refractivity contribution is -0.122. The molecule has 0 unspecified atom stereocenters. The number of nitrogens with one attached hydrogen (secondary N) is 2. The van der Waals surface area contributed by atoms with Crippen molar-refractivity contribution in [3.8, 4) is 11.3 Å². The number of amides is 1. The SMILES string of the molecule is CN(CC(=O)NCc1ncc(-c2ccc(F)cc2)[nH]1)[C@H]1CCSC1. The molecule has 0 spiro atoms. The molecule has 2 N–H and O–H groups in total. The number of hydrogen-bond acceptors (Lipinski definition) is 4. The topological polar surface area (TPSA) is 61.0 Å². The van der Waals surface area contributed by atoms with E-state index in [0.717, 1.165) is 23.4 Å². The number of likely N-dealkylation sites (N-methyl/N-ethyl adjacent to an activating group) is 1. The van der Waals surface area contributed by atoms with E-state index in [1.54, 1.807) is 18.3 Å². The minimum absolute atomic E-state index is 0.00543. The summed E-state index contributed by atoms with van der Waals surface area (Å²) in [5.41, 5.74) is 1.67. The smallest absolute Gasteiger partial charge is 0.234 e. The third-order valence-corrected chi connectivity index (χ3v) is 5.30. The van der Waals surface area contributed by atoms with Gasteiger partial charge in [-0.3, -0.25) is 9.69 Å². The van der Waals surface area contributed by atoms with Crippen LogP contribution in [0.4, 0.5) is 4.39 Å². The van der Waals surface area contributed by atoms with Crippen molar-refractivity contribution in [2.24, 2.45) is 0 Å². The standard InChI is InChI=1S/C17H21FN4OS/c1-22(14-6-7-24-11-14)10-17(23)20-9-16-19-8-15(21-16)12-2-4-13(18)5-3-12/h2-5,8,14H,6-7,9-11H2,1H3,(H,19,21)(H,20,23)/t14-/m0/s1. The molecule has 1 amide bonds. The number of benzene rings is 1. The van der Waals surface area contributed by atoms with Gasteiger partial charge in [-0.15, -0.1) is 0 Å². The van der Waals surface area contributed by atoms with Gasteiger partial charge in [-0.2, -0.15) is 11.8 Å². The lowest BCUT2D eigenvalue weighted by Gasteiger charge is -2.22. The van der Waals surface area contributed by atoms with Gasteiger partial charge in [0.15, 0.2) is 0 Å². The number of imidazole rings is 1. The first-order valence-electron chi connectivity index (χ1n) is 7.96. The second-order valence-electron chi connectivity index (χ2n) is 5.96. The predicted molar refractivity (Wildman–Crippen MR) is 94.2 cm³/mol. The number of H-pyrrole nitrogens is 1. The summed E-state index contributed by atoms with van der Waals surface area (Å²) in [5.74, 6) is 2.68. The molecule has 0 saturated carbocycles.